The third kappa shape index (κ3) is 5.19. The highest BCUT2D eigenvalue weighted by Gasteiger charge is 2.76. The van der Waals surface area contributed by atoms with E-state index in [0.717, 1.165) is 32.1 Å². The van der Waals surface area contributed by atoms with E-state index in [9.17, 15) is 34.2 Å². The number of carbonyl (C=O) groups excluding carboxylic acids is 5. The molecule has 2 aromatic rings. The first kappa shape index (κ1) is 34.8. The van der Waals surface area contributed by atoms with Gasteiger partial charge in [-0.05, 0) is 87.6 Å². The van der Waals surface area contributed by atoms with Gasteiger partial charge in [0.1, 0.15) is 5.75 Å². The van der Waals surface area contributed by atoms with Crippen molar-refractivity contribution in [1.82, 2.24) is 4.90 Å². The Hall–Kier alpha value is -4.09. The highest BCUT2D eigenvalue weighted by atomic mass is 16.3. The molecule has 2 unspecified atom stereocenters. The molecule has 11 nitrogen and oxygen atoms in total. The highest BCUT2D eigenvalue weighted by Crippen LogP contribution is 2.62. The summed E-state index contributed by atoms with van der Waals surface area (Å²) < 4.78 is 0. The topological polar surface area (TPSA) is 170 Å². The average molecular weight is 673 g/mol. The summed E-state index contributed by atoms with van der Waals surface area (Å²) in [6, 6.07) is 11.1. The standard InChI is InChI=1S/C38H48N4O7/c1-36-18-23-25(41(3)4)17-24(40-22-14-12-21(13-15-22)16-20-10-8-7-9-11-20)29(43)26(23)30(44)28(36)34(47)38(49)33(46)27(35(39)48)31(45)32(42(5)6)37(38,2)19-36/h7-11,17,21-22,27-28,32,40,43,49H,12-16,18-19H2,1-6H3,(H2,39,48)/t21?,22?,27?,28?,32-,36+,37+,38-/m1/s1. The molecular formula is C38H48N4O7. The number of nitrogens with zero attached hydrogens (tertiary/aromatic N) is 2. The van der Waals surface area contributed by atoms with Gasteiger partial charge in [0, 0.05) is 31.2 Å². The number of Topliss-reactive ketones (excluding diaryl/α,β-unsaturated/α-hetero) is 4. The summed E-state index contributed by atoms with van der Waals surface area (Å²) >= 11 is 0. The number of nitrogens with two attached hydrogens (primary N) is 1. The van der Waals surface area contributed by atoms with Gasteiger partial charge in [0.25, 0.3) is 0 Å². The molecule has 3 fully saturated rings. The van der Waals surface area contributed by atoms with Gasteiger partial charge in [-0.3, -0.25) is 28.9 Å². The van der Waals surface area contributed by atoms with E-state index in [0.29, 0.717) is 22.9 Å². The SMILES string of the molecule is CN(C)c1cc(NC2CCC(Cc3ccccc3)CC2)c(O)c2c1C[C@@]1(C)C[C@@]3(C)[C@H](N(C)C)C(=O)C(C(N)=O)C(=O)[C@@]3(O)C(=O)C1C2=O. The number of phenols is 1. The Bertz CT molecular complexity index is 1730. The molecule has 49 heavy (non-hydrogen) atoms. The second kappa shape index (κ2) is 12.1. The van der Waals surface area contributed by atoms with Crippen molar-refractivity contribution in [2.75, 3.05) is 38.4 Å². The summed E-state index contributed by atoms with van der Waals surface area (Å²) in [6.07, 6.45) is 4.94. The maximum Gasteiger partial charge on any atom is 0.235 e. The second-order valence-corrected chi connectivity index (χ2v) is 15.9. The monoisotopic (exact) mass is 672 g/mol. The molecule has 6 rings (SSSR count). The van der Waals surface area contributed by atoms with Crippen molar-refractivity contribution in [3.63, 3.8) is 0 Å². The van der Waals surface area contributed by atoms with E-state index < -0.39 is 63.3 Å². The number of benzene rings is 2. The number of hydrogen-bond donors (Lipinski definition) is 4. The molecule has 0 bridgehead atoms. The third-order valence-electron chi connectivity index (χ3n) is 12.0. The van der Waals surface area contributed by atoms with Gasteiger partial charge in [0.2, 0.25) is 5.91 Å². The van der Waals surface area contributed by atoms with Gasteiger partial charge in [-0.25, -0.2) is 0 Å². The van der Waals surface area contributed by atoms with Crippen LogP contribution in [0.4, 0.5) is 11.4 Å². The van der Waals surface area contributed by atoms with E-state index >= 15 is 0 Å². The molecule has 2 aromatic carbocycles. The van der Waals surface area contributed by atoms with Crippen LogP contribution >= 0.6 is 0 Å². The van der Waals surface area contributed by atoms with Crippen LogP contribution in [0.25, 0.3) is 0 Å². The second-order valence-electron chi connectivity index (χ2n) is 15.9. The van der Waals surface area contributed by atoms with Gasteiger partial charge in [0.05, 0.1) is 23.2 Å². The maximum absolute atomic E-state index is 14.6. The number of aromatic hydroxyl groups is 1. The summed E-state index contributed by atoms with van der Waals surface area (Å²) in [4.78, 5) is 72.5. The highest BCUT2D eigenvalue weighted by molar-refractivity contribution is 6.33. The predicted octanol–water partition coefficient (Wildman–Crippen LogP) is 2.93. The predicted molar refractivity (Wildman–Crippen MR) is 184 cm³/mol. The maximum atomic E-state index is 14.6. The lowest BCUT2D eigenvalue weighted by atomic mass is 9.42. The minimum atomic E-state index is -2.83. The number of hydrogen-bond acceptors (Lipinski definition) is 10. The van der Waals surface area contributed by atoms with Crippen LogP contribution in [0.5, 0.6) is 5.75 Å². The lowest BCUT2D eigenvalue weighted by Crippen LogP contribution is -2.79. The zero-order valence-corrected chi connectivity index (χ0v) is 29.2. The van der Waals surface area contributed by atoms with Gasteiger partial charge >= 0.3 is 0 Å². The van der Waals surface area contributed by atoms with Gasteiger partial charge in [0.15, 0.2) is 34.7 Å². The van der Waals surface area contributed by atoms with Crippen molar-refractivity contribution in [2.45, 2.75) is 76.5 Å². The van der Waals surface area contributed by atoms with Crippen LogP contribution in [0, 0.1) is 28.6 Å². The minimum absolute atomic E-state index is 0.00978. The van der Waals surface area contributed by atoms with Crippen LogP contribution in [0.3, 0.4) is 0 Å². The molecule has 0 saturated heterocycles. The van der Waals surface area contributed by atoms with Crippen molar-refractivity contribution >= 4 is 40.4 Å². The average Bonchev–Trinajstić information content (AvgIpc) is 3.01. The molecular weight excluding hydrogens is 624 g/mol. The number of phenolic OH excluding ortho intramolecular Hbond substituents is 1. The molecule has 0 heterocycles. The lowest BCUT2D eigenvalue weighted by molar-refractivity contribution is -0.203. The van der Waals surface area contributed by atoms with Gasteiger partial charge < -0.3 is 26.2 Å². The van der Waals surface area contributed by atoms with Crippen LogP contribution in [-0.4, -0.2) is 90.0 Å². The Morgan fingerprint density at radius 1 is 0.980 bits per heavy atom. The van der Waals surface area contributed by atoms with Crippen LogP contribution in [0.15, 0.2) is 36.4 Å². The summed E-state index contributed by atoms with van der Waals surface area (Å²) in [7, 11) is 6.85. The number of fused-ring (bicyclic) bond motifs is 3. The fourth-order valence-corrected chi connectivity index (χ4v) is 9.95. The zero-order valence-electron chi connectivity index (χ0n) is 29.2. The van der Waals surface area contributed by atoms with Gasteiger partial charge in [-0.15, -0.1) is 0 Å². The fourth-order valence-electron chi connectivity index (χ4n) is 9.95. The molecule has 3 saturated carbocycles. The van der Waals surface area contributed by atoms with E-state index in [-0.39, 0.29) is 30.2 Å². The largest absolute Gasteiger partial charge is 0.505 e. The summed E-state index contributed by atoms with van der Waals surface area (Å²) in [5.41, 5.74) is 2.83. The molecule has 11 heteroatoms. The quantitative estimate of drug-likeness (QED) is 0.253. The molecule has 5 N–H and O–H groups in total. The molecule has 1 amide bonds. The third-order valence-corrected chi connectivity index (χ3v) is 12.0. The number of amides is 1. The van der Waals surface area contributed by atoms with Crippen molar-refractivity contribution in [2.24, 2.45) is 34.3 Å². The normalized spacial score (nSPS) is 34.2. The number of anilines is 2. The fraction of sp³-hybridized carbons (Fsp3) is 0.553. The van der Waals surface area contributed by atoms with Crippen molar-refractivity contribution < 1.29 is 34.2 Å². The van der Waals surface area contributed by atoms with Crippen molar-refractivity contribution in [1.29, 1.82) is 0 Å². The van der Waals surface area contributed by atoms with Crippen LogP contribution in [0.1, 0.15) is 67.4 Å². The molecule has 6 atom stereocenters. The van der Waals surface area contributed by atoms with E-state index in [1.165, 1.54) is 17.4 Å². The van der Waals surface area contributed by atoms with Crippen molar-refractivity contribution in [3.8, 4) is 5.75 Å². The number of ketones is 4. The molecule has 0 aromatic heterocycles. The molecule has 0 radical (unpaired) electrons. The molecule has 0 spiro atoms. The Morgan fingerprint density at radius 3 is 2.18 bits per heavy atom. The van der Waals surface area contributed by atoms with Gasteiger partial charge in [-0.1, -0.05) is 44.2 Å². The first-order valence-corrected chi connectivity index (χ1v) is 17.2. The summed E-state index contributed by atoms with van der Waals surface area (Å²) in [6.45, 7) is 3.27. The Balaban J connectivity index is 1.36. The van der Waals surface area contributed by atoms with E-state index in [4.69, 9.17) is 5.73 Å². The molecule has 0 aliphatic heterocycles. The van der Waals surface area contributed by atoms with E-state index in [1.807, 2.05) is 31.1 Å². The first-order valence-electron chi connectivity index (χ1n) is 17.2. The smallest absolute Gasteiger partial charge is 0.235 e. The summed E-state index contributed by atoms with van der Waals surface area (Å²) in [5, 5.41) is 27.5. The number of rotatable bonds is 7. The van der Waals surface area contributed by atoms with E-state index in [1.54, 1.807) is 21.0 Å². The number of likely N-dealkylation sites (N-methyl/N-ethyl adjacent to an activating group) is 1. The summed E-state index contributed by atoms with van der Waals surface area (Å²) in [5.74, 6) is -8.31. The number of aliphatic hydroxyl groups is 1. The van der Waals surface area contributed by atoms with E-state index in [2.05, 4.69) is 29.6 Å². The van der Waals surface area contributed by atoms with Crippen LogP contribution in [0.2, 0.25) is 0 Å². The molecule has 4 aliphatic carbocycles. The van der Waals surface area contributed by atoms with Crippen molar-refractivity contribution in [3.05, 3.63) is 53.1 Å². The Labute approximate surface area is 287 Å². The minimum Gasteiger partial charge on any atom is -0.505 e. The van der Waals surface area contributed by atoms with Crippen LogP contribution < -0.4 is 16.0 Å². The Kier molecular flexibility index (Phi) is 8.55. The number of primary amides is 1. The first-order chi connectivity index (χ1) is 23.0. The lowest BCUT2D eigenvalue weighted by Gasteiger charge is -2.61. The number of carbonyl (C=O) groups is 5. The zero-order chi connectivity index (χ0) is 35.8. The number of nitrogens with one attached hydrogen (secondary N) is 1. The Morgan fingerprint density at radius 2 is 1.61 bits per heavy atom. The molecule has 262 valence electrons. The van der Waals surface area contributed by atoms with Gasteiger partial charge in [-0.2, -0.15) is 0 Å². The van der Waals surface area contributed by atoms with Crippen LogP contribution in [-0.2, 0) is 32.0 Å². The molecule has 4 aliphatic rings.